The summed E-state index contributed by atoms with van der Waals surface area (Å²) in [7, 11) is 0. The third kappa shape index (κ3) is 2.59. The summed E-state index contributed by atoms with van der Waals surface area (Å²) in [5.74, 6) is 1.07. The van der Waals surface area contributed by atoms with Gasteiger partial charge in [0.2, 0.25) is 0 Å². The average Bonchev–Trinajstić information content (AvgIpc) is 3.03. The van der Waals surface area contributed by atoms with Gasteiger partial charge < -0.3 is 9.15 Å². The third-order valence-corrected chi connectivity index (χ3v) is 3.93. The molecule has 1 aliphatic rings. The highest BCUT2D eigenvalue weighted by Crippen LogP contribution is 2.26. The number of halogens is 1. The molecule has 0 saturated heterocycles. The lowest BCUT2D eigenvalue weighted by atomic mass is 10.0. The van der Waals surface area contributed by atoms with Crippen molar-refractivity contribution < 1.29 is 13.9 Å². The van der Waals surface area contributed by atoms with Crippen molar-refractivity contribution >= 4 is 21.7 Å². The van der Waals surface area contributed by atoms with Gasteiger partial charge in [-0.15, -0.1) is 0 Å². The number of hydrogen-bond donors (Lipinski definition) is 0. The quantitative estimate of drug-likeness (QED) is 0.804. The predicted molar refractivity (Wildman–Crippen MR) is 74.7 cm³/mol. The van der Waals surface area contributed by atoms with Crippen LogP contribution in [0.1, 0.15) is 27.9 Å². The van der Waals surface area contributed by atoms with Crippen LogP contribution in [0.15, 0.2) is 39.6 Å². The van der Waals surface area contributed by atoms with Crippen molar-refractivity contribution in [2.24, 2.45) is 0 Å². The summed E-state index contributed by atoms with van der Waals surface area (Å²) in [5, 5.41) is 0. The number of ether oxygens (including phenoxy) is 1. The van der Waals surface area contributed by atoms with Crippen molar-refractivity contribution in [3.8, 4) is 5.75 Å². The molecule has 19 heavy (non-hydrogen) atoms. The lowest BCUT2D eigenvalue weighted by Gasteiger charge is -2.03. The van der Waals surface area contributed by atoms with Crippen LogP contribution in [0.4, 0.5) is 0 Å². The van der Waals surface area contributed by atoms with Crippen LogP contribution in [0.25, 0.3) is 0 Å². The summed E-state index contributed by atoms with van der Waals surface area (Å²) in [6, 6.07) is 7.86. The molecule has 0 radical (unpaired) electrons. The molecule has 0 aliphatic carbocycles. The number of fused-ring (bicyclic) bond motifs is 1. The van der Waals surface area contributed by atoms with Crippen LogP contribution in [-0.2, 0) is 12.8 Å². The first-order valence-corrected chi connectivity index (χ1v) is 7.04. The molecule has 0 saturated carbocycles. The molecular weight excluding hydrogens is 308 g/mol. The molecule has 0 atom stereocenters. The number of hydrogen-bond acceptors (Lipinski definition) is 3. The van der Waals surface area contributed by atoms with E-state index in [1.807, 2.05) is 12.1 Å². The van der Waals surface area contributed by atoms with Gasteiger partial charge in [-0.3, -0.25) is 4.79 Å². The van der Waals surface area contributed by atoms with Gasteiger partial charge >= 0.3 is 0 Å². The van der Waals surface area contributed by atoms with Gasteiger partial charge in [-0.05, 0) is 45.6 Å². The zero-order chi connectivity index (χ0) is 13.2. The lowest BCUT2D eigenvalue weighted by molar-refractivity contribution is 0.0981. The van der Waals surface area contributed by atoms with Crippen molar-refractivity contribution in [3.05, 3.63) is 51.9 Å². The van der Waals surface area contributed by atoms with E-state index in [0.29, 0.717) is 16.7 Å². The zero-order valence-corrected chi connectivity index (χ0v) is 11.9. The highest BCUT2D eigenvalue weighted by molar-refractivity contribution is 9.10. The van der Waals surface area contributed by atoms with E-state index in [9.17, 15) is 4.79 Å². The normalized spacial score (nSPS) is 13.1. The maximum Gasteiger partial charge on any atom is 0.179 e. The van der Waals surface area contributed by atoms with Gasteiger partial charge in [0.25, 0.3) is 0 Å². The number of carbonyl (C=O) groups excluding carboxylic acids is 1. The van der Waals surface area contributed by atoms with Crippen molar-refractivity contribution in [2.45, 2.75) is 19.3 Å². The maximum absolute atomic E-state index is 12.0. The molecular formula is C15H13BrO3. The summed E-state index contributed by atoms with van der Waals surface area (Å²) in [4.78, 5) is 12.0. The summed E-state index contributed by atoms with van der Waals surface area (Å²) in [5.41, 5.74) is 3.04. The topological polar surface area (TPSA) is 39.4 Å². The molecule has 4 heteroatoms. The number of rotatable bonds is 4. The van der Waals surface area contributed by atoms with Gasteiger partial charge in [-0.25, -0.2) is 0 Å². The summed E-state index contributed by atoms with van der Waals surface area (Å²) < 4.78 is 11.1. The van der Waals surface area contributed by atoms with Gasteiger partial charge in [0.15, 0.2) is 10.5 Å². The highest BCUT2D eigenvalue weighted by Gasteiger charge is 2.15. The number of aryl methyl sites for hydroxylation is 1. The Morgan fingerprint density at radius 2 is 2.21 bits per heavy atom. The number of carbonyl (C=O) groups is 1. The third-order valence-electron chi connectivity index (χ3n) is 3.31. The van der Waals surface area contributed by atoms with Crippen molar-refractivity contribution in [3.63, 3.8) is 0 Å². The Morgan fingerprint density at radius 1 is 1.32 bits per heavy atom. The van der Waals surface area contributed by atoms with Gasteiger partial charge in [0.05, 0.1) is 18.4 Å². The molecule has 0 fully saturated rings. The molecule has 1 aromatic carbocycles. The maximum atomic E-state index is 12.0. The predicted octanol–water partition coefficient (Wildman–Crippen LogP) is 3.79. The molecule has 0 amide bonds. The number of furan rings is 1. The van der Waals surface area contributed by atoms with E-state index in [-0.39, 0.29) is 5.78 Å². The average molecular weight is 321 g/mol. The van der Waals surface area contributed by atoms with Crippen molar-refractivity contribution in [2.75, 3.05) is 6.61 Å². The van der Waals surface area contributed by atoms with Crippen LogP contribution >= 0.6 is 15.9 Å². The second-order valence-electron chi connectivity index (χ2n) is 4.57. The molecule has 3 nitrogen and oxygen atoms in total. The highest BCUT2D eigenvalue weighted by atomic mass is 79.9. The Labute approximate surface area is 119 Å². The van der Waals surface area contributed by atoms with E-state index in [2.05, 4.69) is 22.0 Å². The Morgan fingerprint density at radius 3 is 3.00 bits per heavy atom. The van der Waals surface area contributed by atoms with Crippen LogP contribution < -0.4 is 4.74 Å². The van der Waals surface area contributed by atoms with E-state index < -0.39 is 0 Å². The monoisotopic (exact) mass is 320 g/mol. The van der Waals surface area contributed by atoms with Crippen LogP contribution in [0.5, 0.6) is 5.75 Å². The minimum Gasteiger partial charge on any atom is -0.493 e. The lowest BCUT2D eigenvalue weighted by Crippen LogP contribution is -2.00. The van der Waals surface area contributed by atoms with E-state index in [1.54, 1.807) is 6.07 Å². The second kappa shape index (κ2) is 5.21. The Balaban J connectivity index is 1.66. The van der Waals surface area contributed by atoms with Crippen LogP contribution in [0, 0.1) is 0 Å². The van der Waals surface area contributed by atoms with Gasteiger partial charge in [0.1, 0.15) is 5.75 Å². The first kappa shape index (κ1) is 12.5. The van der Waals surface area contributed by atoms with E-state index in [4.69, 9.17) is 9.15 Å². The smallest absolute Gasteiger partial charge is 0.179 e. The Kier molecular flexibility index (Phi) is 3.42. The van der Waals surface area contributed by atoms with E-state index >= 15 is 0 Å². The second-order valence-corrected chi connectivity index (χ2v) is 5.29. The summed E-state index contributed by atoms with van der Waals surface area (Å²) >= 11 is 3.23. The van der Waals surface area contributed by atoms with E-state index in [0.717, 1.165) is 25.2 Å². The minimum atomic E-state index is 0.0948. The first-order valence-electron chi connectivity index (χ1n) is 6.25. The fourth-order valence-electron chi connectivity index (χ4n) is 2.28. The molecule has 2 aromatic rings. The molecule has 0 unspecified atom stereocenters. The standard InChI is InChI=1S/C15H13BrO3/c16-15-12(6-8-19-15)13(17)3-1-10-2-4-14-11(9-10)5-7-18-14/h2,4,6,8-9H,1,3,5,7H2. The van der Waals surface area contributed by atoms with Crippen LogP contribution in [0.2, 0.25) is 0 Å². The molecule has 3 rings (SSSR count). The number of Topliss-reactive ketones (excluding diaryl/α,β-unsaturated/α-hetero) is 1. The SMILES string of the molecule is O=C(CCc1ccc2c(c1)CCO2)c1ccoc1Br. The first-order chi connectivity index (χ1) is 9.24. The molecule has 98 valence electrons. The zero-order valence-electron chi connectivity index (χ0n) is 10.3. The van der Waals surface area contributed by atoms with E-state index in [1.165, 1.54) is 17.4 Å². The van der Waals surface area contributed by atoms with Crippen molar-refractivity contribution in [1.29, 1.82) is 0 Å². The van der Waals surface area contributed by atoms with Crippen LogP contribution in [-0.4, -0.2) is 12.4 Å². The van der Waals surface area contributed by atoms with Gasteiger partial charge in [-0.1, -0.05) is 12.1 Å². The number of benzene rings is 1. The van der Waals surface area contributed by atoms with Gasteiger partial charge in [0, 0.05) is 12.8 Å². The molecule has 2 heterocycles. The Bertz CT molecular complexity index is 616. The molecule has 1 aliphatic heterocycles. The fraction of sp³-hybridized carbons (Fsp3) is 0.267. The molecule has 1 aromatic heterocycles. The summed E-state index contributed by atoms with van der Waals surface area (Å²) in [6.07, 6.45) is 3.70. The number of ketones is 1. The van der Waals surface area contributed by atoms with Crippen LogP contribution in [0.3, 0.4) is 0 Å². The van der Waals surface area contributed by atoms with Crippen molar-refractivity contribution in [1.82, 2.24) is 0 Å². The fourth-order valence-corrected chi connectivity index (χ4v) is 2.74. The van der Waals surface area contributed by atoms with Gasteiger partial charge in [-0.2, -0.15) is 0 Å². The summed E-state index contributed by atoms with van der Waals surface area (Å²) in [6.45, 7) is 0.764. The Hall–Kier alpha value is -1.55. The minimum absolute atomic E-state index is 0.0948. The molecule has 0 N–H and O–H groups in total. The molecule has 0 bridgehead atoms. The molecule has 0 spiro atoms. The largest absolute Gasteiger partial charge is 0.493 e.